The number of rotatable bonds is 4. The minimum Gasteiger partial charge on any atom is -0.398 e. The molecule has 6 heteroatoms. The van der Waals surface area contributed by atoms with Gasteiger partial charge in [-0.1, -0.05) is 6.92 Å². The zero-order valence-electron chi connectivity index (χ0n) is 8.21. The molecule has 3 N–H and O–H groups in total. The molecule has 5 nitrogen and oxygen atoms in total. The number of nitrogen functional groups attached to an aromatic ring is 1. The van der Waals surface area contributed by atoms with Crippen LogP contribution < -0.4 is 5.73 Å². The van der Waals surface area contributed by atoms with Crippen LogP contribution >= 0.6 is 11.8 Å². The fourth-order valence-electron chi connectivity index (χ4n) is 1.01. The van der Waals surface area contributed by atoms with Crippen LogP contribution in [0.15, 0.2) is 23.1 Å². The fourth-order valence-corrected chi connectivity index (χ4v) is 1.86. The molecular formula is C9H12N2O3S. The molecule has 82 valence electrons. The van der Waals surface area contributed by atoms with Crippen LogP contribution in [-0.2, 0) is 0 Å². The minimum absolute atomic E-state index is 0.0199. The van der Waals surface area contributed by atoms with E-state index < -0.39 is 4.92 Å². The summed E-state index contributed by atoms with van der Waals surface area (Å²) < 4.78 is 0. The van der Waals surface area contributed by atoms with Gasteiger partial charge < -0.3 is 10.8 Å². The SMILES string of the molecule is CC(CO)Sc1ccc([N+](=O)[O-])cc1N. The van der Waals surface area contributed by atoms with Crippen LogP contribution in [0.1, 0.15) is 6.92 Å². The van der Waals surface area contributed by atoms with Gasteiger partial charge in [0, 0.05) is 22.3 Å². The summed E-state index contributed by atoms with van der Waals surface area (Å²) in [5.74, 6) is 0. The van der Waals surface area contributed by atoms with Crippen molar-refractivity contribution in [3.8, 4) is 0 Å². The van der Waals surface area contributed by atoms with E-state index in [2.05, 4.69) is 0 Å². The third-order valence-electron chi connectivity index (χ3n) is 1.79. The molecule has 1 aromatic carbocycles. The first kappa shape index (κ1) is 11.8. The lowest BCUT2D eigenvalue weighted by atomic mass is 10.3. The number of nitrogens with two attached hydrogens (primary N) is 1. The number of nitro groups is 1. The molecule has 1 aromatic rings. The normalized spacial score (nSPS) is 12.4. The number of aliphatic hydroxyl groups excluding tert-OH is 1. The summed E-state index contributed by atoms with van der Waals surface area (Å²) in [6, 6.07) is 4.33. The topological polar surface area (TPSA) is 89.4 Å². The first-order valence-corrected chi connectivity index (χ1v) is 5.24. The number of nitro benzene ring substituents is 1. The largest absolute Gasteiger partial charge is 0.398 e. The van der Waals surface area contributed by atoms with Crippen molar-refractivity contribution in [3.63, 3.8) is 0 Å². The van der Waals surface area contributed by atoms with Crippen molar-refractivity contribution in [2.75, 3.05) is 12.3 Å². The second kappa shape index (κ2) is 4.99. The van der Waals surface area contributed by atoms with Gasteiger partial charge in [0.1, 0.15) is 0 Å². The Morgan fingerprint density at radius 1 is 1.67 bits per heavy atom. The average molecular weight is 228 g/mol. The Balaban J connectivity index is 2.88. The molecule has 0 aliphatic carbocycles. The van der Waals surface area contributed by atoms with Gasteiger partial charge in [-0.05, 0) is 6.07 Å². The van der Waals surface area contributed by atoms with Gasteiger partial charge >= 0.3 is 0 Å². The maximum atomic E-state index is 10.4. The molecule has 1 rings (SSSR count). The molecule has 0 spiro atoms. The molecule has 0 heterocycles. The summed E-state index contributed by atoms with van der Waals surface area (Å²) in [6.45, 7) is 1.90. The Morgan fingerprint density at radius 3 is 2.80 bits per heavy atom. The molecule has 0 amide bonds. The fraction of sp³-hybridized carbons (Fsp3) is 0.333. The van der Waals surface area contributed by atoms with Crippen LogP contribution in [0.5, 0.6) is 0 Å². The van der Waals surface area contributed by atoms with Crippen molar-refractivity contribution < 1.29 is 10.0 Å². The maximum Gasteiger partial charge on any atom is 0.271 e. The van der Waals surface area contributed by atoms with E-state index in [1.54, 1.807) is 6.07 Å². The van der Waals surface area contributed by atoms with Gasteiger partial charge in [0.25, 0.3) is 5.69 Å². The van der Waals surface area contributed by atoms with Crippen molar-refractivity contribution >= 4 is 23.1 Å². The van der Waals surface area contributed by atoms with Gasteiger partial charge in [-0.3, -0.25) is 10.1 Å². The minimum atomic E-state index is -0.486. The number of non-ortho nitro benzene ring substituents is 1. The van der Waals surface area contributed by atoms with Gasteiger partial charge in [0.05, 0.1) is 17.2 Å². The summed E-state index contributed by atoms with van der Waals surface area (Å²) in [5.41, 5.74) is 6.01. The molecule has 0 aromatic heterocycles. The number of aliphatic hydroxyl groups is 1. The predicted molar refractivity (Wildman–Crippen MR) is 59.9 cm³/mol. The van der Waals surface area contributed by atoms with Crippen molar-refractivity contribution in [1.82, 2.24) is 0 Å². The molecule has 0 radical (unpaired) electrons. The van der Waals surface area contributed by atoms with Crippen molar-refractivity contribution in [1.29, 1.82) is 0 Å². The number of thioether (sulfide) groups is 1. The summed E-state index contributed by atoms with van der Waals surface area (Å²) in [7, 11) is 0. The number of anilines is 1. The molecule has 0 saturated carbocycles. The van der Waals surface area contributed by atoms with E-state index in [0.29, 0.717) is 5.69 Å². The van der Waals surface area contributed by atoms with E-state index >= 15 is 0 Å². The lowest BCUT2D eigenvalue weighted by molar-refractivity contribution is -0.384. The molecule has 0 bridgehead atoms. The molecule has 15 heavy (non-hydrogen) atoms. The molecular weight excluding hydrogens is 216 g/mol. The molecule has 1 atom stereocenters. The molecule has 1 unspecified atom stereocenters. The van der Waals surface area contributed by atoms with Crippen LogP contribution in [0.3, 0.4) is 0 Å². The Hall–Kier alpha value is -1.27. The molecule has 0 aliphatic heterocycles. The molecule has 0 aliphatic rings. The lowest BCUT2D eigenvalue weighted by Gasteiger charge is -2.09. The van der Waals surface area contributed by atoms with E-state index in [-0.39, 0.29) is 17.5 Å². The number of hydrogen-bond donors (Lipinski definition) is 2. The van der Waals surface area contributed by atoms with Gasteiger partial charge in [-0.2, -0.15) is 0 Å². The molecule has 0 fully saturated rings. The van der Waals surface area contributed by atoms with Gasteiger partial charge in [0.2, 0.25) is 0 Å². The van der Waals surface area contributed by atoms with Gasteiger partial charge in [-0.15, -0.1) is 11.8 Å². The summed E-state index contributed by atoms with van der Waals surface area (Å²) in [6.07, 6.45) is 0. The first-order valence-electron chi connectivity index (χ1n) is 4.36. The highest BCUT2D eigenvalue weighted by Crippen LogP contribution is 2.31. The van der Waals surface area contributed by atoms with Gasteiger partial charge in [-0.25, -0.2) is 0 Å². The Bertz CT molecular complexity index is 370. The molecule has 0 saturated heterocycles. The van der Waals surface area contributed by atoms with Crippen molar-refractivity contribution in [2.24, 2.45) is 0 Å². The number of hydrogen-bond acceptors (Lipinski definition) is 5. The number of benzene rings is 1. The first-order chi connectivity index (χ1) is 7.04. The second-order valence-electron chi connectivity index (χ2n) is 3.09. The average Bonchev–Trinajstić information content (AvgIpc) is 2.20. The Labute approximate surface area is 91.4 Å². The van der Waals surface area contributed by atoms with Crippen molar-refractivity contribution in [3.05, 3.63) is 28.3 Å². The quantitative estimate of drug-likeness (QED) is 0.354. The Kier molecular flexibility index (Phi) is 3.93. The van der Waals surface area contributed by atoms with E-state index in [9.17, 15) is 10.1 Å². The zero-order valence-corrected chi connectivity index (χ0v) is 9.03. The highest BCUT2D eigenvalue weighted by molar-refractivity contribution is 8.00. The monoisotopic (exact) mass is 228 g/mol. The van der Waals surface area contributed by atoms with E-state index in [1.807, 2.05) is 6.92 Å². The van der Waals surface area contributed by atoms with E-state index in [1.165, 1.54) is 23.9 Å². The van der Waals surface area contributed by atoms with E-state index in [4.69, 9.17) is 10.8 Å². The third-order valence-corrected chi connectivity index (χ3v) is 2.97. The lowest BCUT2D eigenvalue weighted by Crippen LogP contribution is -2.03. The van der Waals surface area contributed by atoms with Crippen LogP contribution in [0, 0.1) is 10.1 Å². The number of nitrogens with zero attached hydrogens (tertiary/aromatic N) is 1. The van der Waals surface area contributed by atoms with Crippen LogP contribution in [0.4, 0.5) is 11.4 Å². The van der Waals surface area contributed by atoms with Crippen molar-refractivity contribution in [2.45, 2.75) is 17.1 Å². The predicted octanol–water partition coefficient (Wildman–Crippen LogP) is 1.65. The van der Waals surface area contributed by atoms with Crippen LogP contribution in [-0.4, -0.2) is 21.9 Å². The summed E-state index contributed by atoms with van der Waals surface area (Å²) >= 11 is 1.39. The highest BCUT2D eigenvalue weighted by Gasteiger charge is 2.11. The maximum absolute atomic E-state index is 10.4. The highest BCUT2D eigenvalue weighted by atomic mass is 32.2. The van der Waals surface area contributed by atoms with Gasteiger partial charge in [0.15, 0.2) is 0 Å². The van der Waals surface area contributed by atoms with E-state index in [0.717, 1.165) is 4.90 Å². The Morgan fingerprint density at radius 2 is 2.33 bits per heavy atom. The summed E-state index contributed by atoms with van der Waals surface area (Å²) in [5, 5.41) is 19.3. The third kappa shape index (κ3) is 3.10. The van der Waals surface area contributed by atoms with Crippen LogP contribution in [0.25, 0.3) is 0 Å². The standard InChI is InChI=1S/C9H12N2O3S/c1-6(5-12)15-9-3-2-7(11(13)14)4-8(9)10/h2-4,6,12H,5,10H2,1H3. The second-order valence-corrected chi connectivity index (χ2v) is 4.57. The zero-order chi connectivity index (χ0) is 11.4. The van der Waals surface area contributed by atoms with Crippen LogP contribution in [0.2, 0.25) is 0 Å². The smallest absolute Gasteiger partial charge is 0.271 e. The summed E-state index contributed by atoms with van der Waals surface area (Å²) in [4.78, 5) is 10.7.